The van der Waals surface area contributed by atoms with Crippen LogP contribution in [0.25, 0.3) is 5.57 Å². The third kappa shape index (κ3) is 4.80. The minimum absolute atomic E-state index is 0.000613. The fraction of sp³-hybridized carbons (Fsp3) is 0.259. The van der Waals surface area contributed by atoms with E-state index in [9.17, 15) is 8.42 Å². The van der Waals surface area contributed by atoms with Crippen LogP contribution in [0.5, 0.6) is 0 Å². The Hall–Kier alpha value is -2.38. The summed E-state index contributed by atoms with van der Waals surface area (Å²) in [5.74, 6) is 0. The zero-order valence-electron chi connectivity index (χ0n) is 18.8. The highest BCUT2D eigenvalue weighted by Crippen LogP contribution is 2.40. The van der Waals surface area contributed by atoms with Gasteiger partial charge in [-0.15, -0.1) is 0 Å². The van der Waals surface area contributed by atoms with E-state index in [0.29, 0.717) is 4.90 Å². The van der Waals surface area contributed by atoms with E-state index in [1.54, 1.807) is 12.1 Å². The Kier molecular flexibility index (Phi) is 6.18. The maximum Gasteiger partial charge on any atom is 0.240 e. The van der Waals surface area contributed by atoms with Gasteiger partial charge in [-0.2, -0.15) is 0 Å². The zero-order chi connectivity index (χ0) is 23.0. The first-order valence-electron chi connectivity index (χ1n) is 11.3. The van der Waals surface area contributed by atoms with Crippen LogP contribution < -0.4 is 4.72 Å². The van der Waals surface area contributed by atoms with Gasteiger partial charge in [-0.3, -0.25) is 0 Å². The summed E-state index contributed by atoms with van der Waals surface area (Å²) < 4.78 is 28.6. The molecule has 0 atom stereocenters. The largest absolute Gasteiger partial charge is 0.306 e. The molecule has 0 aromatic heterocycles. The molecule has 0 bridgehead atoms. The Labute approximate surface area is 200 Å². The van der Waals surface area contributed by atoms with Crippen LogP contribution >= 0.6 is 11.8 Å². The first-order chi connectivity index (χ1) is 15.9. The van der Waals surface area contributed by atoms with Crippen molar-refractivity contribution in [1.29, 1.82) is 0 Å². The van der Waals surface area contributed by atoms with Gasteiger partial charge in [-0.05, 0) is 97.6 Å². The second-order valence-electron chi connectivity index (χ2n) is 8.91. The third-order valence-corrected chi connectivity index (χ3v) is 9.31. The van der Waals surface area contributed by atoms with Crippen molar-refractivity contribution in [3.63, 3.8) is 0 Å². The number of nitrogens with zero attached hydrogens (tertiary/aromatic N) is 1. The van der Waals surface area contributed by atoms with Crippen molar-refractivity contribution >= 4 is 27.4 Å². The minimum atomic E-state index is -3.53. The van der Waals surface area contributed by atoms with Crippen LogP contribution in [-0.4, -0.2) is 39.5 Å². The van der Waals surface area contributed by atoms with Crippen molar-refractivity contribution < 1.29 is 8.42 Å². The van der Waals surface area contributed by atoms with Crippen molar-refractivity contribution in [3.05, 3.63) is 95.6 Å². The Morgan fingerprint density at radius 1 is 0.939 bits per heavy atom. The molecule has 0 saturated carbocycles. The van der Waals surface area contributed by atoms with E-state index in [-0.39, 0.29) is 6.04 Å². The summed E-state index contributed by atoms with van der Waals surface area (Å²) in [5, 5.41) is 0. The number of fused-ring (bicyclic) bond motifs is 2. The van der Waals surface area contributed by atoms with Gasteiger partial charge in [0.1, 0.15) is 0 Å². The molecule has 2 aliphatic heterocycles. The Bertz CT molecular complexity index is 1290. The van der Waals surface area contributed by atoms with Crippen molar-refractivity contribution in [2.45, 2.75) is 40.0 Å². The molecule has 0 aliphatic carbocycles. The molecule has 1 N–H and O–H groups in total. The molecule has 0 amide bonds. The highest BCUT2D eigenvalue weighted by Gasteiger charge is 2.23. The number of sulfonamides is 1. The fourth-order valence-corrected chi connectivity index (χ4v) is 6.85. The number of rotatable bonds is 5. The molecular formula is C27H28N2O2S2. The monoisotopic (exact) mass is 476 g/mol. The van der Waals surface area contributed by atoms with E-state index in [1.165, 1.54) is 20.9 Å². The molecule has 1 fully saturated rings. The summed E-state index contributed by atoms with van der Waals surface area (Å²) in [6.07, 6.45) is 2.59. The highest BCUT2D eigenvalue weighted by atomic mass is 32.2. The molecule has 0 spiro atoms. The fourth-order valence-electron chi connectivity index (χ4n) is 4.49. The van der Waals surface area contributed by atoms with Gasteiger partial charge in [0.2, 0.25) is 10.0 Å². The SMILES string of the molecule is C=C(c1ccc(S(=O)(=O)NC2CCN(C)CC2)cc1)c1ccc2c(c1)Cc1ccccc1S2. The Balaban J connectivity index is 1.31. The normalized spacial score (nSPS) is 16.8. The van der Waals surface area contributed by atoms with E-state index in [0.717, 1.165) is 49.1 Å². The molecule has 3 aromatic rings. The predicted molar refractivity (Wildman–Crippen MR) is 135 cm³/mol. The Morgan fingerprint density at radius 2 is 1.61 bits per heavy atom. The van der Waals surface area contributed by atoms with Crippen LogP contribution in [-0.2, 0) is 16.4 Å². The first kappa shape index (κ1) is 22.4. The summed E-state index contributed by atoms with van der Waals surface area (Å²) in [6, 6.07) is 22.1. The molecule has 4 nitrogen and oxygen atoms in total. The smallest absolute Gasteiger partial charge is 0.240 e. The lowest BCUT2D eigenvalue weighted by atomic mass is 9.95. The molecule has 1 saturated heterocycles. The van der Waals surface area contributed by atoms with E-state index in [4.69, 9.17) is 0 Å². The lowest BCUT2D eigenvalue weighted by Crippen LogP contribution is -2.43. The highest BCUT2D eigenvalue weighted by molar-refractivity contribution is 7.99. The molecule has 170 valence electrons. The van der Waals surface area contributed by atoms with Gasteiger partial charge in [0.05, 0.1) is 4.90 Å². The molecule has 5 rings (SSSR count). The average molecular weight is 477 g/mol. The molecule has 6 heteroatoms. The van der Waals surface area contributed by atoms with Crippen molar-refractivity contribution in [2.75, 3.05) is 20.1 Å². The van der Waals surface area contributed by atoms with Crippen LogP contribution in [0, 0.1) is 0 Å². The van der Waals surface area contributed by atoms with E-state index in [2.05, 4.69) is 65.7 Å². The summed E-state index contributed by atoms with van der Waals surface area (Å²) in [7, 11) is -1.46. The Morgan fingerprint density at radius 3 is 2.36 bits per heavy atom. The third-order valence-electron chi connectivity index (χ3n) is 6.54. The average Bonchev–Trinajstić information content (AvgIpc) is 2.83. The second-order valence-corrected chi connectivity index (χ2v) is 11.7. The molecule has 2 aliphatic rings. The summed E-state index contributed by atoms with van der Waals surface area (Å²) in [5.41, 5.74) is 5.54. The van der Waals surface area contributed by atoms with Gasteiger partial charge in [0.15, 0.2) is 0 Å². The van der Waals surface area contributed by atoms with Gasteiger partial charge in [-0.1, -0.05) is 54.7 Å². The molecule has 0 unspecified atom stereocenters. The van der Waals surface area contributed by atoms with Crippen molar-refractivity contribution in [3.8, 4) is 0 Å². The summed E-state index contributed by atoms with van der Waals surface area (Å²) >= 11 is 1.81. The van der Waals surface area contributed by atoms with Crippen molar-refractivity contribution in [2.24, 2.45) is 0 Å². The van der Waals surface area contributed by atoms with Crippen LogP contribution in [0.1, 0.15) is 35.1 Å². The van der Waals surface area contributed by atoms with E-state index < -0.39 is 10.0 Å². The van der Waals surface area contributed by atoms with E-state index >= 15 is 0 Å². The minimum Gasteiger partial charge on any atom is -0.306 e. The maximum atomic E-state index is 12.8. The number of hydrogen-bond acceptors (Lipinski definition) is 4. The zero-order valence-corrected chi connectivity index (χ0v) is 20.4. The predicted octanol–water partition coefficient (Wildman–Crippen LogP) is 5.18. The standard InChI is InChI=1S/C27H28N2O2S2/c1-19(21-9-12-27-23(17-21)18-22-5-3-4-6-26(22)32-27)20-7-10-25(11-8-20)33(30,31)28-24-13-15-29(2)16-14-24/h3-12,17,24,28H,1,13-16,18H2,2H3. The lowest BCUT2D eigenvalue weighted by molar-refractivity contribution is 0.248. The number of benzene rings is 3. The molecule has 0 radical (unpaired) electrons. The van der Waals surface area contributed by atoms with Gasteiger partial charge >= 0.3 is 0 Å². The van der Waals surface area contributed by atoms with Crippen LogP contribution in [0.3, 0.4) is 0 Å². The molecule has 33 heavy (non-hydrogen) atoms. The lowest BCUT2D eigenvalue weighted by Gasteiger charge is -2.29. The number of hydrogen-bond donors (Lipinski definition) is 1. The topological polar surface area (TPSA) is 49.4 Å². The quantitative estimate of drug-likeness (QED) is 0.431. The number of nitrogens with one attached hydrogen (secondary N) is 1. The maximum absolute atomic E-state index is 12.8. The van der Waals surface area contributed by atoms with Gasteiger partial charge in [0, 0.05) is 15.8 Å². The van der Waals surface area contributed by atoms with Gasteiger partial charge < -0.3 is 4.90 Å². The molecular weight excluding hydrogens is 448 g/mol. The molecule has 3 aromatic carbocycles. The van der Waals surface area contributed by atoms with Crippen LogP contribution in [0.4, 0.5) is 0 Å². The van der Waals surface area contributed by atoms with E-state index in [1.807, 2.05) is 23.9 Å². The first-order valence-corrected chi connectivity index (χ1v) is 13.6. The number of piperidine rings is 1. The second kappa shape index (κ2) is 9.11. The number of likely N-dealkylation sites (tertiary alicyclic amines) is 1. The van der Waals surface area contributed by atoms with Crippen molar-refractivity contribution in [1.82, 2.24) is 9.62 Å². The van der Waals surface area contributed by atoms with Crippen LogP contribution in [0.15, 0.2) is 88.0 Å². The molecule has 2 heterocycles. The van der Waals surface area contributed by atoms with Gasteiger partial charge in [-0.25, -0.2) is 13.1 Å². The van der Waals surface area contributed by atoms with Crippen LogP contribution in [0.2, 0.25) is 0 Å². The van der Waals surface area contributed by atoms with Gasteiger partial charge in [0.25, 0.3) is 0 Å². The summed E-state index contributed by atoms with van der Waals surface area (Å²) in [4.78, 5) is 5.13. The summed E-state index contributed by atoms with van der Waals surface area (Å²) in [6.45, 7) is 6.13.